The molecular formula is C48H78N14O15. The van der Waals surface area contributed by atoms with Crippen molar-refractivity contribution in [2.24, 2.45) is 45.5 Å². The number of aliphatic imine (C=N–C) groups is 1. The summed E-state index contributed by atoms with van der Waals surface area (Å²) in [5.41, 5.74) is 27.5. The van der Waals surface area contributed by atoms with Gasteiger partial charge in [-0.3, -0.25) is 57.7 Å². The number of guanidine groups is 1. The standard InChI is InChI=1S/C48H78N14O15/c1-23(2)19-31(59-40(69)28(49)14-16-35(50)64)42(71)60-32(20-24(3)4)43(72)61-33(21-27-11-8-7-9-12-27)45(74)62-38(26(6)63)46(75)55-25(5)39(68)58-34(22-37(66)67)44(73)56-29(15-17-36(51)65)41(70)57-30(47(76)77)13-10-18-54-48(52)53/h7-9,11-12,23-26,28-34,38,63H,10,13-22,49H2,1-6H3,(H2,50,64)(H2,51,65)(H,55,75)(H,56,73)(H,57,70)(H,58,68)(H,59,69)(H,60,71)(H,61,72)(H,62,74)(H,66,67)(H,76,77)(H4,52,53,54)/t25-,26+,28-,29-,30-,31-,32-,33-,34-,38-/m0/s1. The Bertz CT molecular complexity index is 2240. The number of aliphatic hydroxyl groups excluding tert-OH is 1. The lowest BCUT2D eigenvalue weighted by Gasteiger charge is -2.29. The Morgan fingerprint density at radius 3 is 1.47 bits per heavy atom. The van der Waals surface area contributed by atoms with Crippen LogP contribution in [-0.2, 0) is 64.0 Å². The fourth-order valence-corrected chi connectivity index (χ4v) is 7.29. The number of hydrogen-bond donors (Lipinski definition) is 16. The monoisotopic (exact) mass is 1090 g/mol. The normalized spacial score (nSPS) is 14.9. The molecule has 21 N–H and O–H groups in total. The number of benzene rings is 1. The summed E-state index contributed by atoms with van der Waals surface area (Å²) in [6.45, 7) is 9.40. The molecule has 10 atom stereocenters. The third kappa shape index (κ3) is 26.9. The second-order valence-electron chi connectivity index (χ2n) is 19.3. The fraction of sp³-hybridized carbons (Fsp3) is 0.604. The van der Waals surface area contributed by atoms with Gasteiger partial charge in [0, 0.05) is 25.8 Å². The van der Waals surface area contributed by atoms with E-state index >= 15 is 0 Å². The summed E-state index contributed by atoms with van der Waals surface area (Å²) in [6.07, 6.45) is -4.08. The van der Waals surface area contributed by atoms with Gasteiger partial charge in [0.05, 0.1) is 18.6 Å². The molecule has 0 radical (unpaired) electrons. The predicted octanol–water partition coefficient (Wildman–Crippen LogP) is -4.93. The molecule has 430 valence electrons. The number of amides is 10. The number of carbonyl (C=O) groups is 12. The Balaban J connectivity index is 3.39. The molecule has 10 amide bonds. The highest BCUT2D eigenvalue weighted by Crippen LogP contribution is 2.12. The highest BCUT2D eigenvalue weighted by molar-refractivity contribution is 5.99. The number of primary amides is 2. The number of nitrogens with zero attached hydrogens (tertiary/aromatic N) is 1. The van der Waals surface area contributed by atoms with Crippen LogP contribution in [0.25, 0.3) is 0 Å². The Kier molecular flexibility index (Phi) is 29.5. The molecule has 0 aliphatic heterocycles. The van der Waals surface area contributed by atoms with Crippen LogP contribution in [0.5, 0.6) is 0 Å². The number of nitrogens with two attached hydrogens (primary N) is 5. The van der Waals surface area contributed by atoms with Gasteiger partial charge in [0.1, 0.15) is 48.3 Å². The maximum Gasteiger partial charge on any atom is 0.326 e. The number of carboxylic acids is 2. The molecule has 1 aromatic rings. The minimum absolute atomic E-state index is 0.0119. The molecular weight excluding hydrogens is 1010 g/mol. The van der Waals surface area contributed by atoms with Crippen molar-refractivity contribution in [2.75, 3.05) is 6.54 Å². The number of carbonyl (C=O) groups excluding carboxylic acids is 10. The molecule has 0 aliphatic carbocycles. The Morgan fingerprint density at radius 1 is 0.519 bits per heavy atom. The van der Waals surface area contributed by atoms with Crippen molar-refractivity contribution in [2.45, 2.75) is 166 Å². The van der Waals surface area contributed by atoms with Crippen LogP contribution in [-0.4, -0.2) is 159 Å². The molecule has 77 heavy (non-hydrogen) atoms. The van der Waals surface area contributed by atoms with E-state index in [-0.39, 0.29) is 69.3 Å². The van der Waals surface area contributed by atoms with Crippen LogP contribution in [0.1, 0.15) is 105 Å². The first kappa shape index (κ1) is 67.1. The Labute approximate surface area is 445 Å². The Morgan fingerprint density at radius 2 is 0.974 bits per heavy atom. The first-order valence-electron chi connectivity index (χ1n) is 24.9. The van der Waals surface area contributed by atoms with Gasteiger partial charge in [-0.15, -0.1) is 0 Å². The lowest BCUT2D eigenvalue weighted by atomic mass is 9.98. The van der Waals surface area contributed by atoms with Gasteiger partial charge in [0.15, 0.2) is 5.96 Å². The quantitative estimate of drug-likeness (QED) is 0.0170. The van der Waals surface area contributed by atoms with E-state index in [1.807, 2.05) is 0 Å². The smallest absolute Gasteiger partial charge is 0.326 e. The van der Waals surface area contributed by atoms with Gasteiger partial charge in [-0.05, 0) is 69.8 Å². The minimum Gasteiger partial charge on any atom is -0.481 e. The van der Waals surface area contributed by atoms with Crippen molar-refractivity contribution in [3.05, 3.63) is 35.9 Å². The topological polar surface area (TPSA) is 504 Å². The molecule has 29 nitrogen and oxygen atoms in total. The van der Waals surface area contributed by atoms with Crippen LogP contribution >= 0.6 is 0 Å². The number of hydrogen-bond acceptors (Lipinski definition) is 15. The molecule has 0 heterocycles. The van der Waals surface area contributed by atoms with Gasteiger partial charge in [-0.25, -0.2) is 4.79 Å². The number of aliphatic carboxylic acids is 2. The van der Waals surface area contributed by atoms with Gasteiger partial charge >= 0.3 is 11.9 Å². The average Bonchev–Trinajstić information content (AvgIpc) is 3.32. The molecule has 0 fully saturated rings. The second kappa shape index (κ2) is 33.9. The van der Waals surface area contributed by atoms with Crippen molar-refractivity contribution in [1.82, 2.24) is 42.5 Å². The summed E-state index contributed by atoms with van der Waals surface area (Å²) in [4.78, 5) is 160. The van der Waals surface area contributed by atoms with Crippen molar-refractivity contribution in [3.8, 4) is 0 Å². The van der Waals surface area contributed by atoms with E-state index in [1.54, 1.807) is 58.0 Å². The zero-order valence-corrected chi connectivity index (χ0v) is 44.2. The minimum atomic E-state index is -1.95. The zero-order chi connectivity index (χ0) is 58.7. The van der Waals surface area contributed by atoms with Gasteiger partial charge < -0.3 is 86.5 Å². The maximum absolute atomic E-state index is 14.1. The highest BCUT2D eigenvalue weighted by atomic mass is 16.4. The van der Waals surface area contributed by atoms with Gasteiger partial charge in [0.25, 0.3) is 0 Å². The molecule has 0 bridgehead atoms. The first-order valence-corrected chi connectivity index (χ1v) is 24.9. The first-order chi connectivity index (χ1) is 35.9. The summed E-state index contributed by atoms with van der Waals surface area (Å²) < 4.78 is 0. The summed E-state index contributed by atoms with van der Waals surface area (Å²) >= 11 is 0. The SMILES string of the molecule is CC(C)C[C@H](NC(=O)[C@H](CC(C)C)NC(=O)[C@@H](N)CCC(N)=O)C(=O)N[C@@H](Cc1ccccc1)C(=O)N[C@H](C(=O)N[C@@H](C)C(=O)N[C@@H](CC(=O)O)C(=O)N[C@@H](CCC(N)=O)C(=O)N[C@@H](CCCN=C(N)N)C(=O)O)[C@@H](C)O. The lowest BCUT2D eigenvalue weighted by molar-refractivity contribution is -0.143. The van der Waals surface area contributed by atoms with Gasteiger partial charge in [-0.1, -0.05) is 58.0 Å². The number of rotatable bonds is 36. The second-order valence-corrected chi connectivity index (χ2v) is 19.3. The fourth-order valence-electron chi connectivity index (χ4n) is 7.29. The van der Waals surface area contributed by atoms with E-state index in [1.165, 1.54) is 0 Å². The van der Waals surface area contributed by atoms with E-state index in [9.17, 15) is 72.9 Å². The third-order valence-electron chi connectivity index (χ3n) is 11.3. The zero-order valence-electron chi connectivity index (χ0n) is 44.2. The van der Waals surface area contributed by atoms with Gasteiger partial charge in [-0.2, -0.15) is 0 Å². The molecule has 1 aromatic carbocycles. The molecule has 1 rings (SSSR count). The van der Waals surface area contributed by atoms with Crippen LogP contribution in [0, 0.1) is 11.8 Å². The molecule has 0 aromatic heterocycles. The average molecular weight is 1090 g/mol. The van der Waals surface area contributed by atoms with Crippen molar-refractivity contribution in [3.63, 3.8) is 0 Å². The van der Waals surface area contributed by atoms with Crippen LogP contribution in [0.3, 0.4) is 0 Å². The molecule has 0 aliphatic rings. The summed E-state index contributed by atoms with van der Waals surface area (Å²) in [5, 5.41) is 49.2. The highest BCUT2D eigenvalue weighted by Gasteiger charge is 2.36. The predicted molar refractivity (Wildman–Crippen MR) is 276 cm³/mol. The van der Waals surface area contributed by atoms with Crippen molar-refractivity contribution >= 4 is 77.0 Å². The van der Waals surface area contributed by atoms with Crippen molar-refractivity contribution in [1.29, 1.82) is 0 Å². The number of nitrogens with one attached hydrogen (secondary N) is 8. The van der Waals surface area contributed by atoms with Crippen LogP contribution < -0.4 is 71.2 Å². The molecule has 29 heteroatoms. The summed E-state index contributed by atoms with van der Waals surface area (Å²) in [7, 11) is 0. The summed E-state index contributed by atoms with van der Waals surface area (Å²) in [5.74, 6) is -13.3. The van der Waals surface area contributed by atoms with Crippen LogP contribution in [0.2, 0.25) is 0 Å². The van der Waals surface area contributed by atoms with Crippen molar-refractivity contribution < 1.29 is 72.9 Å². The molecule has 0 saturated heterocycles. The van der Waals surface area contributed by atoms with Crippen LogP contribution in [0.4, 0.5) is 0 Å². The van der Waals surface area contributed by atoms with Gasteiger partial charge in [0.2, 0.25) is 59.1 Å². The number of aliphatic hydroxyl groups is 1. The summed E-state index contributed by atoms with van der Waals surface area (Å²) in [6, 6.07) is -5.38. The van der Waals surface area contributed by atoms with Crippen LogP contribution in [0.15, 0.2) is 35.3 Å². The number of carboxylic acid groups (broad SMARTS) is 2. The molecule has 0 unspecified atom stereocenters. The van der Waals surface area contributed by atoms with E-state index in [0.29, 0.717) is 5.56 Å². The van der Waals surface area contributed by atoms with E-state index in [2.05, 4.69) is 47.5 Å². The van der Waals surface area contributed by atoms with E-state index in [4.69, 9.17) is 28.7 Å². The molecule has 0 spiro atoms. The van der Waals surface area contributed by atoms with E-state index < -0.39 is 151 Å². The van der Waals surface area contributed by atoms with E-state index in [0.717, 1.165) is 13.8 Å². The third-order valence-corrected chi connectivity index (χ3v) is 11.3. The maximum atomic E-state index is 14.1. The molecule has 0 saturated carbocycles. The largest absolute Gasteiger partial charge is 0.481 e. The lowest BCUT2D eigenvalue weighted by Crippen LogP contribution is -2.62. The Hall–Kier alpha value is -7.95.